The molecular formula is C12H17N3O2. The van der Waals surface area contributed by atoms with E-state index in [1.54, 1.807) is 0 Å². The number of fused-ring (bicyclic) bond motifs is 1. The number of esters is 1. The summed E-state index contributed by atoms with van der Waals surface area (Å²) < 4.78 is 7.05. The van der Waals surface area contributed by atoms with E-state index in [-0.39, 0.29) is 11.9 Å². The molecule has 17 heavy (non-hydrogen) atoms. The number of hydrogen-bond donors (Lipinski definition) is 0. The van der Waals surface area contributed by atoms with Crippen molar-refractivity contribution in [1.29, 1.82) is 0 Å². The lowest BCUT2D eigenvalue weighted by atomic mass is 10.0. The van der Waals surface area contributed by atoms with E-state index in [1.165, 1.54) is 20.0 Å². The van der Waals surface area contributed by atoms with Gasteiger partial charge in [0.05, 0.1) is 13.0 Å². The molecule has 1 aromatic heterocycles. The summed E-state index contributed by atoms with van der Waals surface area (Å²) in [6.45, 7) is 0.855. The van der Waals surface area contributed by atoms with E-state index < -0.39 is 0 Å². The van der Waals surface area contributed by atoms with Crippen LogP contribution >= 0.6 is 0 Å². The number of ether oxygens (including phenoxy) is 1. The van der Waals surface area contributed by atoms with Crippen LogP contribution < -0.4 is 0 Å². The quantitative estimate of drug-likeness (QED) is 0.725. The summed E-state index contributed by atoms with van der Waals surface area (Å²) >= 11 is 0. The largest absolute Gasteiger partial charge is 0.469 e. The van der Waals surface area contributed by atoms with E-state index in [2.05, 4.69) is 14.8 Å². The van der Waals surface area contributed by atoms with E-state index in [1.807, 2.05) is 0 Å². The molecule has 5 nitrogen and oxygen atoms in total. The van der Waals surface area contributed by atoms with Gasteiger partial charge in [0.15, 0.2) is 0 Å². The highest BCUT2D eigenvalue weighted by molar-refractivity contribution is 5.72. The molecule has 0 spiro atoms. The van der Waals surface area contributed by atoms with Crippen molar-refractivity contribution in [2.24, 2.45) is 5.92 Å². The summed E-state index contributed by atoms with van der Waals surface area (Å²) in [6, 6.07) is 0. The lowest BCUT2D eigenvalue weighted by Crippen LogP contribution is -2.17. The molecule has 0 bridgehead atoms. The van der Waals surface area contributed by atoms with Gasteiger partial charge in [-0.1, -0.05) is 0 Å². The number of rotatable bonds is 2. The standard InChI is InChI=1S/C12H17N3O2/c1-17-12(16)9-4-5-10-13-14-11(8-2-3-8)15(10)7-6-9/h8-9H,2-7H2,1H3. The van der Waals surface area contributed by atoms with Crippen LogP contribution in [0, 0.1) is 5.92 Å². The Morgan fingerprint density at radius 3 is 2.82 bits per heavy atom. The van der Waals surface area contributed by atoms with Gasteiger partial charge in [0.2, 0.25) is 0 Å². The Labute approximate surface area is 100 Å². The Bertz CT molecular complexity index is 437. The molecule has 2 aliphatic rings. The summed E-state index contributed by atoms with van der Waals surface area (Å²) in [6.07, 6.45) is 4.98. The predicted molar refractivity (Wildman–Crippen MR) is 60.4 cm³/mol. The second-order valence-corrected chi connectivity index (χ2v) is 4.95. The summed E-state index contributed by atoms with van der Waals surface area (Å²) in [7, 11) is 1.46. The van der Waals surface area contributed by atoms with Gasteiger partial charge >= 0.3 is 5.97 Å². The van der Waals surface area contributed by atoms with Gasteiger partial charge in [-0.3, -0.25) is 4.79 Å². The SMILES string of the molecule is COC(=O)C1CCc2nnc(C3CC3)n2CC1. The minimum atomic E-state index is -0.0864. The summed E-state index contributed by atoms with van der Waals surface area (Å²) in [5.74, 6) is 2.72. The van der Waals surface area contributed by atoms with Crippen molar-refractivity contribution in [3.05, 3.63) is 11.6 Å². The third kappa shape index (κ3) is 1.94. The van der Waals surface area contributed by atoms with Crippen molar-refractivity contribution < 1.29 is 9.53 Å². The molecular weight excluding hydrogens is 218 g/mol. The van der Waals surface area contributed by atoms with E-state index in [0.717, 1.165) is 37.5 Å². The molecule has 1 saturated carbocycles. The van der Waals surface area contributed by atoms with Crippen LogP contribution in [-0.4, -0.2) is 27.8 Å². The monoisotopic (exact) mass is 235 g/mol. The number of carbonyl (C=O) groups is 1. The van der Waals surface area contributed by atoms with Crippen LogP contribution in [0.3, 0.4) is 0 Å². The molecule has 1 unspecified atom stereocenters. The average Bonchev–Trinajstić information content (AvgIpc) is 3.14. The van der Waals surface area contributed by atoms with Crippen LogP contribution in [0.15, 0.2) is 0 Å². The molecule has 0 N–H and O–H groups in total. The van der Waals surface area contributed by atoms with Gasteiger partial charge in [0.1, 0.15) is 11.6 Å². The van der Waals surface area contributed by atoms with Gasteiger partial charge in [-0.25, -0.2) is 0 Å². The van der Waals surface area contributed by atoms with Gasteiger partial charge < -0.3 is 9.30 Å². The summed E-state index contributed by atoms with van der Waals surface area (Å²) in [4.78, 5) is 11.6. The second kappa shape index (κ2) is 4.13. The zero-order chi connectivity index (χ0) is 11.8. The Kier molecular flexibility index (Phi) is 2.61. The van der Waals surface area contributed by atoms with Gasteiger partial charge in [0, 0.05) is 18.9 Å². The number of aryl methyl sites for hydroxylation is 1. The summed E-state index contributed by atoms with van der Waals surface area (Å²) in [5, 5.41) is 8.55. The fourth-order valence-corrected chi connectivity index (χ4v) is 2.56. The van der Waals surface area contributed by atoms with Crippen LogP contribution in [0.2, 0.25) is 0 Å². The molecule has 0 amide bonds. The second-order valence-electron chi connectivity index (χ2n) is 4.95. The maximum atomic E-state index is 11.6. The lowest BCUT2D eigenvalue weighted by Gasteiger charge is -2.10. The topological polar surface area (TPSA) is 57.0 Å². The Morgan fingerprint density at radius 1 is 1.29 bits per heavy atom. The number of aromatic nitrogens is 3. The number of carbonyl (C=O) groups excluding carboxylic acids is 1. The van der Waals surface area contributed by atoms with Crippen molar-refractivity contribution in [1.82, 2.24) is 14.8 Å². The van der Waals surface area contributed by atoms with Crippen LogP contribution in [0.1, 0.15) is 43.3 Å². The molecule has 0 saturated heterocycles. The first-order valence-electron chi connectivity index (χ1n) is 6.29. The Morgan fingerprint density at radius 2 is 2.12 bits per heavy atom. The van der Waals surface area contributed by atoms with E-state index >= 15 is 0 Å². The first-order chi connectivity index (χ1) is 8.29. The average molecular weight is 235 g/mol. The molecule has 0 aromatic carbocycles. The maximum Gasteiger partial charge on any atom is 0.308 e. The molecule has 1 atom stereocenters. The zero-order valence-corrected chi connectivity index (χ0v) is 10.1. The minimum absolute atomic E-state index is 0.0220. The first kappa shape index (κ1) is 10.7. The minimum Gasteiger partial charge on any atom is -0.469 e. The van der Waals surface area contributed by atoms with Crippen LogP contribution in [0.5, 0.6) is 0 Å². The van der Waals surface area contributed by atoms with Crippen molar-refractivity contribution in [3.8, 4) is 0 Å². The highest BCUT2D eigenvalue weighted by atomic mass is 16.5. The number of methoxy groups -OCH3 is 1. The fraction of sp³-hybridized carbons (Fsp3) is 0.750. The van der Waals surface area contributed by atoms with Crippen molar-refractivity contribution in [2.45, 2.75) is 44.6 Å². The van der Waals surface area contributed by atoms with E-state index in [0.29, 0.717) is 5.92 Å². The van der Waals surface area contributed by atoms with Gasteiger partial charge in [0.25, 0.3) is 0 Å². The molecule has 1 fully saturated rings. The lowest BCUT2D eigenvalue weighted by molar-refractivity contribution is -0.145. The van der Waals surface area contributed by atoms with Crippen LogP contribution in [0.25, 0.3) is 0 Å². The Hall–Kier alpha value is -1.39. The smallest absolute Gasteiger partial charge is 0.308 e. The molecule has 92 valence electrons. The maximum absolute atomic E-state index is 11.6. The van der Waals surface area contributed by atoms with Gasteiger partial charge in [-0.15, -0.1) is 10.2 Å². The molecule has 0 radical (unpaired) electrons. The van der Waals surface area contributed by atoms with Gasteiger partial charge in [-0.2, -0.15) is 0 Å². The van der Waals surface area contributed by atoms with Crippen molar-refractivity contribution in [2.75, 3.05) is 7.11 Å². The van der Waals surface area contributed by atoms with Crippen LogP contribution in [0.4, 0.5) is 0 Å². The molecule has 1 aromatic rings. The van der Waals surface area contributed by atoms with Crippen molar-refractivity contribution >= 4 is 5.97 Å². The van der Waals surface area contributed by atoms with Crippen LogP contribution in [-0.2, 0) is 22.5 Å². The van der Waals surface area contributed by atoms with Gasteiger partial charge in [-0.05, 0) is 25.7 Å². The highest BCUT2D eigenvalue weighted by Crippen LogP contribution is 2.39. The molecule has 5 heteroatoms. The molecule has 1 aliphatic carbocycles. The molecule has 2 heterocycles. The normalized spacial score (nSPS) is 23.9. The van der Waals surface area contributed by atoms with Crippen molar-refractivity contribution in [3.63, 3.8) is 0 Å². The third-order valence-corrected chi connectivity index (χ3v) is 3.75. The zero-order valence-electron chi connectivity index (χ0n) is 10.1. The number of nitrogens with zero attached hydrogens (tertiary/aromatic N) is 3. The fourth-order valence-electron chi connectivity index (χ4n) is 2.56. The Balaban J connectivity index is 1.78. The van der Waals surface area contributed by atoms with E-state index in [4.69, 9.17) is 4.74 Å². The van der Waals surface area contributed by atoms with E-state index in [9.17, 15) is 4.79 Å². The third-order valence-electron chi connectivity index (χ3n) is 3.75. The predicted octanol–water partition coefficient (Wildman–Crippen LogP) is 1.28. The highest BCUT2D eigenvalue weighted by Gasteiger charge is 2.32. The molecule has 3 rings (SSSR count). The molecule has 1 aliphatic heterocycles. The first-order valence-corrected chi connectivity index (χ1v) is 6.29. The number of hydrogen-bond acceptors (Lipinski definition) is 4. The summed E-state index contributed by atoms with van der Waals surface area (Å²) in [5.41, 5.74) is 0.